The van der Waals surface area contributed by atoms with E-state index >= 15 is 0 Å². The van der Waals surface area contributed by atoms with Crippen LogP contribution < -0.4 is 5.32 Å². The van der Waals surface area contributed by atoms with E-state index in [1.807, 2.05) is 12.1 Å². The van der Waals surface area contributed by atoms with Gasteiger partial charge in [0.1, 0.15) is 12.1 Å². The molecule has 1 N–H and O–H groups in total. The summed E-state index contributed by atoms with van der Waals surface area (Å²) in [6.07, 6.45) is 1.52. The van der Waals surface area contributed by atoms with E-state index in [0.29, 0.717) is 6.54 Å². The van der Waals surface area contributed by atoms with Gasteiger partial charge in [-0.1, -0.05) is 0 Å². The van der Waals surface area contributed by atoms with E-state index in [1.165, 1.54) is 17.9 Å². The quantitative estimate of drug-likeness (QED) is 0.921. The zero-order valence-corrected chi connectivity index (χ0v) is 8.93. The summed E-state index contributed by atoms with van der Waals surface area (Å²) in [7, 11) is 0. The van der Waals surface area contributed by atoms with E-state index in [9.17, 15) is 0 Å². The Balaban J connectivity index is 1.93. The van der Waals surface area contributed by atoms with Gasteiger partial charge in [-0.05, 0) is 28.1 Å². The summed E-state index contributed by atoms with van der Waals surface area (Å²) in [6.45, 7) is 0.626. The van der Waals surface area contributed by atoms with Gasteiger partial charge >= 0.3 is 0 Å². The molecule has 0 spiro atoms. The Hall–Kier alpha value is -0.880. The zero-order valence-electron chi connectivity index (χ0n) is 6.53. The van der Waals surface area contributed by atoms with E-state index in [0.717, 1.165) is 15.6 Å². The second-order valence-electron chi connectivity index (χ2n) is 2.31. The Kier molecular flexibility index (Phi) is 2.60. The lowest BCUT2D eigenvalue weighted by atomic mass is 10.4. The maximum atomic E-state index is 5.29. The first kappa shape index (κ1) is 8.71. The molecule has 0 bridgehead atoms. The molecule has 0 saturated carbocycles. The molecule has 0 amide bonds. The third-order valence-electron chi connectivity index (χ3n) is 1.40. The van der Waals surface area contributed by atoms with E-state index in [2.05, 4.69) is 30.6 Å². The number of hydrogen-bond donors (Lipinski definition) is 1. The average molecular weight is 260 g/mol. The van der Waals surface area contributed by atoms with Crippen molar-refractivity contribution < 1.29 is 4.42 Å². The molecule has 2 rings (SSSR count). The number of nitrogens with zero attached hydrogens (tertiary/aromatic N) is 2. The van der Waals surface area contributed by atoms with Crippen LogP contribution in [0.5, 0.6) is 0 Å². The highest BCUT2D eigenvalue weighted by Crippen LogP contribution is 2.15. The summed E-state index contributed by atoms with van der Waals surface area (Å²) < 4.78 is 9.90. The fraction of sp³-hybridized carbons (Fsp3) is 0.143. The van der Waals surface area contributed by atoms with Gasteiger partial charge in [-0.25, -0.2) is 4.98 Å². The van der Waals surface area contributed by atoms with Crippen LogP contribution in [0.25, 0.3) is 0 Å². The van der Waals surface area contributed by atoms with Gasteiger partial charge in [-0.15, -0.1) is 0 Å². The highest BCUT2D eigenvalue weighted by molar-refractivity contribution is 9.10. The van der Waals surface area contributed by atoms with Gasteiger partial charge in [0.2, 0.25) is 5.13 Å². The Morgan fingerprint density at radius 1 is 1.54 bits per heavy atom. The van der Waals surface area contributed by atoms with Crippen LogP contribution in [0.4, 0.5) is 5.13 Å². The lowest BCUT2D eigenvalue weighted by molar-refractivity contribution is 0.495. The summed E-state index contributed by atoms with van der Waals surface area (Å²) >= 11 is 4.55. The molecule has 0 aliphatic rings. The zero-order chi connectivity index (χ0) is 9.10. The molecule has 0 radical (unpaired) electrons. The Morgan fingerprint density at radius 2 is 2.46 bits per heavy atom. The van der Waals surface area contributed by atoms with Crippen LogP contribution in [0.15, 0.2) is 27.5 Å². The van der Waals surface area contributed by atoms with E-state index in [1.54, 1.807) is 0 Å². The van der Waals surface area contributed by atoms with Crippen LogP contribution in [0.2, 0.25) is 0 Å². The fourth-order valence-corrected chi connectivity index (χ4v) is 1.63. The molecule has 0 aromatic carbocycles. The van der Waals surface area contributed by atoms with Crippen molar-refractivity contribution in [2.75, 3.05) is 5.32 Å². The maximum Gasteiger partial charge on any atom is 0.202 e. The van der Waals surface area contributed by atoms with Crippen molar-refractivity contribution in [3.8, 4) is 0 Å². The number of hydrogen-bond acceptors (Lipinski definition) is 5. The van der Waals surface area contributed by atoms with E-state index in [4.69, 9.17) is 4.42 Å². The average Bonchev–Trinajstić information content (AvgIpc) is 2.71. The second-order valence-corrected chi connectivity index (χ2v) is 3.87. The molecule has 2 heterocycles. The number of rotatable bonds is 3. The Morgan fingerprint density at radius 3 is 3.08 bits per heavy atom. The number of halogens is 1. The van der Waals surface area contributed by atoms with Crippen molar-refractivity contribution in [2.24, 2.45) is 0 Å². The molecule has 0 saturated heterocycles. The third-order valence-corrected chi connectivity index (χ3v) is 2.45. The van der Waals surface area contributed by atoms with Crippen LogP contribution in [-0.2, 0) is 6.54 Å². The Bertz CT molecular complexity index is 373. The summed E-state index contributed by atoms with van der Waals surface area (Å²) in [5.74, 6) is 0.863. The predicted octanol–water partition coefficient (Wildman–Crippen LogP) is 2.51. The highest BCUT2D eigenvalue weighted by Gasteiger charge is 2.00. The highest BCUT2D eigenvalue weighted by atomic mass is 79.9. The molecule has 4 nitrogen and oxygen atoms in total. The molecular formula is C7H6BrN3OS. The van der Waals surface area contributed by atoms with Crippen molar-refractivity contribution in [2.45, 2.75) is 6.54 Å². The molecule has 2 aromatic heterocycles. The summed E-state index contributed by atoms with van der Waals surface area (Å²) in [5.41, 5.74) is 0. The molecule has 0 aliphatic carbocycles. The molecule has 0 fully saturated rings. The smallest absolute Gasteiger partial charge is 0.202 e. The molecule has 2 aromatic rings. The van der Waals surface area contributed by atoms with Gasteiger partial charge in [-0.3, -0.25) is 0 Å². The number of anilines is 1. The second kappa shape index (κ2) is 3.89. The minimum atomic E-state index is 0.626. The molecule has 0 unspecified atom stereocenters. The van der Waals surface area contributed by atoms with Crippen LogP contribution >= 0.6 is 27.5 Å². The van der Waals surface area contributed by atoms with Crippen LogP contribution in [0.1, 0.15) is 5.76 Å². The summed E-state index contributed by atoms with van der Waals surface area (Å²) in [5, 5.41) is 3.88. The van der Waals surface area contributed by atoms with Gasteiger partial charge in [0.05, 0.1) is 6.54 Å². The normalized spacial score (nSPS) is 10.2. The predicted molar refractivity (Wildman–Crippen MR) is 53.6 cm³/mol. The van der Waals surface area contributed by atoms with Gasteiger partial charge in [-0.2, -0.15) is 4.37 Å². The maximum absolute atomic E-state index is 5.29. The number of nitrogens with one attached hydrogen (secondary N) is 1. The fourth-order valence-electron chi connectivity index (χ4n) is 0.860. The first-order valence-electron chi connectivity index (χ1n) is 3.59. The van der Waals surface area contributed by atoms with Crippen molar-refractivity contribution in [1.29, 1.82) is 0 Å². The minimum Gasteiger partial charge on any atom is -0.452 e. The summed E-state index contributed by atoms with van der Waals surface area (Å²) in [4.78, 5) is 3.98. The molecule has 0 atom stereocenters. The van der Waals surface area contributed by atoms with Gasteiger partial charge in [0, 0.05) is 11.5 Å². The largest absolute Gasteiger partial charge is 0.452 e. The van der Waals surface area contributed by atoms with E-state index in [-0.39, 0.29) is 0 Å². The van der Waals surface area contributed by atoms with Crippen LogP contribution in [0.3, 0.4) is 0 Å². The third kappa shape index (κ3) is 2.28. The summed E-state index contributed by atoms with van der Waals surface area (Å²) in [6, 6.07) is 3.76. The van der Waals surface area contributed by atoms with Crippen molar-refractivity contribution in [1.82, 2.24) is 9.36 Å². The monoisotopic (exact) mass is 259 g/mol. The minimum absolute atomic E-state index is 0.626. The van der Waals surface area contributed by atoms with Crippen molar-refractivity contribution in [3.63, 3.8) is 0 Å². The number of furan rings is 1. The van der Waals surface area contributed by atoms with Crippen LogP contribution in [0, 0.1) is 0 Å². The van der Waals surface area contributed by atoms with Crippen molar-refractivity contribution >= 4 is 32.6 Å². The first-order chi connectivity index (χ1) is 6.34. The van der Waals surface area contributed by atoms with Gasteiger partial charge in [0.15, 0.2) is 4.67 Å². The SMILES string of the molecule is Brc1ccc(CNc2ncns2)o1. The topological polar surface area (TPSA) is 51.0 Å². The standard InChI is InChI=1S/C7H6BrN3OS/c8-6-2-1-5(12-6)3-9-7-10-4-11-13-7/h1-2,4H,3H2,(H,9,10,11). The Labute approximate surface area is 87.3 Å². The first-order valence-corrected chi connectivity index (χ1v) is 5.16. The van der Waals surface area contributed by atoms with Crippen LogP contribution in [-0.4, -0.2) is 9.36 Å². The van der Waals surface area contributed by atoms with Gasteiger partial charge < -0.3 is 9.73 Å². The number of aromatic nitrogens is 2. The van der Waals surface area contributed by atoms with Crippen molar-refractivity contribution in [3.05, 3.63) is 28.9 Å². The molecule has 6 heteroatoms. The molecule has 13 heavy (non-hydrogen) atoms. The lowest BCUT2D eigenvalue weighted by Crippen LogP contribution is -1.96. The van der Waals surface area contributed by atoms with Gasteiger partial charge in [0.25, 0.3) is 0 Å². The molecule has 0 aliphatic heterocycles. The van der Waals surface area contributed by atoms with E-state index < -0.39 is 0 Å². The molecular weight excluding hydrogens is 254 g/mol. The lowest BCUT2D eigenvalue weighted by Gasteiger charge is -1.96. The molecule has 68 valence electrons.